The van der Waals surface area contributed by atoms with Crippen LogP contribution in [0.15, 0.2) is 0 Å². The molecule has 0 radical (unpaired) electrons. The van der Waals surface area contributed by atoms with Crippen molar-refractivity contribution in [3.05, 3.63) is 0 Å². The highest BCUT2D eigenvalue weighted by atomic mass is 16.7. The second-order valence-electron chi connectivity index (χ2n) is 2.29. The number of hydrogen-bond donors (Lipinski definition) is 4. The van der Waals surface area contributed by atoms with Crippen LogP contribution in [0, 0.1) is 0 Å². The lowest BCUT2D eigenvalue weighted by atomic mass is 10.1. The maximum Gasteiger partial charge on any atom is 0.152 e. The molecule has 0 aliphatic carbocycles. The van der Waals surface area contributed by atoms with Gasteiger partial charge in [0.25, 0.3) is 0 Å². The van der Waals surface area contributed by atoms with Gasteiger partial charge in [0.1, 0.15) is 6.10 Å². The Hall–Kier alpha value is -0.200. The topological polar surface area (TPSA) is 82.0 Å². The Balaban J connectivity index is 2.33. The minimum absolute atomic E-state index is 0.156. The fourth-order valence-electron chi connectivity index (χ4n) is 0.803. The summed E-state index contributed by atoms with van der Waals surface area (Å²) < 4.78 is 0. The third-order valence-electron chi connectivity index (χ3n) is 1.43. The summed E-state index contributed by atoms with van der Waals surface area (Å²) in [6.45, 7) is -0.156. The Morgan fingerprint density at radius 2 is 2.20 bits per heavy atom. The van der Waals surface area contributed by atoms with Crippen LogP contribution in [0.25, 0.3) is 0 Å². The van der Waals surface area contributed by atoms with Gasteiger partial charge < -0.3 is 15.3 Å². The Kier molecular flexibility index (Phi) is 2.58. The highest BCUT2D eigenvalue weighted by Crippen LogP contribution is 2.09. The summed E-state index contributed by atoms with van der Waals surface area (Å²) in [5.41, 5.74) is 2.18. The summed E-state index contributed by atoms with van der Waals surface area (Å²) >= 11 is 0. The molecule has 1 heterocycles. The zero-order valence-electron chi connectivity index (χ0n) is 5.40. The maximum absolute atomic E-state index is 8.98. The van der Waals surface area contributed by atoms with E-state index in [-0.39, 0.29) is 13.0 Å². The van der Waals surface area contributed by atoms with E-state index in [9.17, 15) is 0 Å². The van der Waals surface area contributed by atoms with Gasteiger partial charge in [-0.25, -0.2) is 0 Å². The average molecular weight is 149 g/mol. The molecule has 1 fully saturated rings. The van der Waals surface area contributed by atoms with Crippen LogP contribution in [-0.2, 0) is 4.84 Å². The van der Waals surface area contributed by atoms with Gasteiger partial charge in [-0.05, 0) is 0 Å². The molecule has 4 N–H and O–H groups in total. The molecule has 10 heavy (non-hydrogen) atoms. The summed E-state index contributed by atoms with van der Waals surface area (Å²) in [6.07, 6.45) is -2.06. The molecule has 5 heteroatoms. The van der Waals surface area contributed by atoms with Gasteiger partial charge in [-0.1, -0.05) is 0 Å². The largest absolute Gasteiger partial charge is 0.394 e. The lowest BCUT2D eigenvalue weighted by Gasteiger charge is -2.29. The van der Waals surface area contributed by atoms with Crippen LogP contribution >= 0.6 is 0 Å². The van der Waals surface area contributed by atoms with E-state index in [1.807, 2.05) is 0 Å². The number of aliphatic hydroxyl groups excluding tert-OH is 3. The van der Waals surface area contributed by atoms with E-state index >= 15 is 0 Å². The van der Waals surface area contributed by atoms with Gasteiger partial charge in [0.05, 0.1) is 12.7 Å². The zero-order chi connectivity index (χ0) is 7.56. The van der Waals surface area contributed by atoms with Gasteiger partial charge in [0, 0.05) is 6.42 Å². The second kappa shape index (κ2) is 3.27. The second-order valence-corrected chi connectivity index (χ2v) is 2.29. The van der Waals surface area contributed by atoms with E-state index in [1.165, 1.54) is 0 Å². The van der Waals surface area contributed by atoms with Crippen LogP contribution in [0.4, 0.5) is 0 Å². The number of hydrogen-bond acceptors (Lipinski definition) is 5. The van der Waals surface area contributed by atoms with Crippen molar-refractivity contribution in [2.24, 2.45) is 0 Å². The number of hydroxylamine groups is 1. The van der Waals surface area contributed by atoms with E-state index in [0.717, 1.165) is 0 Å². The molecule has 1 aliphatic heterocycles. The SMILES string of the molecule is OC[C@@H]1C[C@@H](O)[C@H](O)NO1. The number of aliphatic hydroxyl groups is 3. The Labute approximate surface area is 58.2 Å². The summed E-state index contributed by atoms with van der Waals surface area (Å²) in [5.74, 6) is 0. The highest BCUT2D eigenvalue weighted by molar-refractivity contribution is 4.71. The Morgan fingerprint density at radius 3 is 2.70 bits per heavy atom. The minimum Gasteiger partial charge on any atom is -0.394 e. The summed E-state index contributed by atoms with van der Waals surface area (Å²) in [5, 5.41) is 26.3. The molecule has 60 valence electrons. The van der Waals surface area contributed by atoms with Crippen LogP contribution in [0.3, 0.4) is 0 Å². The average Bonchev–Trinajstić information content (AvgIpc) is 1.95. The zero-order valence-corrected chi connectivity index (χ0v) is 5.40. The van der Waals surface area contributed by atoms with Gasteiger partial charge in [0.2, 0.25) is 0 Å². The standard InChI is InChI=1S/C5H11NO4/c7-2-3-1-4(8)5(9)6-10-3/h3-9H,1-2H2/t3-,4+,5-/m0/s1. The predicted molar refractivity (Wildman–Crippen MR) is 31.7 cm³/mol. The summed E-state index contributed by atoms with van der Waals surface area (Å²) in [4.78, 5) is 4.70. The van der Waals surface area contributed by atoms with Crippen molar-refractivity contribution >= 4 is 0 Å². The summed E-state index contributed by atoms with van der Waals surface area (Å²) in [6, 6.07) is 0. The van der Waals surface area contributed by atoms with Gasteiger partial charge in [-0.3, -0.25) is 4.84 Å². The van der Waals surface area contributed by atoms with E-state index in [4.69, 9.17) is 20.2 Å². The molecule has 0 unspecified atom stereocenters. The van der Waals surface area contributed by atoms with Crippen LogP contribution in [0.5, 0.6) is 0 Å². The van der Waals surface area contributed by atoms with E-state index in [1.54, 1.807) is 0 Å². The molecule has 0 aromatic heterocycles. The van der Waals surface area contributed by atoms with Crippen molar-refractivity contribution in [1.29, 1.82) is 0 Å². The number of rotatable bonds is 1. The van der Waals surface area contributed by atoms with Crippen molar-refractivity contribution in [2.45, 2.75) is 24.9 Å². The monoisotopic (exact) mass is 149 g/mol. The fourth-order valence-corrected chi connectivity index (χ4v) is 0.803. The van der Waals surface area contributed by atoms with E-state index < -0.39 is 18.4 Å². The third kappa shape index (κ3) is 1.65. The molecule has 0 bridgehead atoms. The molecular formula is C5H11NO4. The normalized spacial score (nSPS) is 41.7. The lowest BCUT2D eigenvalue weighted by molar-refractivity contribution is -0.193. The van der Waals surface area contributed by atoms with E-state index in [0.29, 0.717) is 0 Å². The highest BCUT2D eigenvalue weighted by Gasteiger charge is 2.27. The van der Waals surface area contributed by atoms with Crippen molar-refractivity contribution in [2.75, 3.05) is 6.61 Å². The van der Waals surface area contributed by atoms with Crippen LogP contribution in [0.2, 0.25) is 0 Å². The van der Waals surface area contributed by atoms with Crippen LogP contribution in [-0.4, -0.2) is 40.4 Å². The van der Waals surface area contributed by atoms with Gasteiger partial charge in [0.15, 0.2) is 6.23 Å². The van der Waals surface area contributed by atoms with E-state index in [2.05, 4.69) is 5.48 Å². The van der Waals surface area contributed by atoms with Gasteiger partial charge in [-0.15, -0.1) is 0 Å². The van der Waals surface area contributed by atoms with Crippen molar-refractivity contribution < 1.29 is 20.2 Å². The molecule has 0 saturated carbocycles. The molecule has 0 aromatic carbocycles. The van der Waals surface area contributed by atoms with Crippen molar-refractivity contribution in [3.63, 3.8) is 0 Å². The quantitative estimate of drug-likeness (QED) is 0.345. The molecule has 1 aliphatic rings. The fraction of sp³-hybridized carbons (Fsp3) is 1.00. The molecule has 0 amide bonds. The van der Waals surface area contributed by atoms with Gasteiger partial charge >= 0.3 is 0 Å². The number of nitrogens with one attached hydrogen (secondary N) is 1. The third-order valence-corrected chi connectivity index (χ3v) is 1.43. The lowest BCUT2D eigenvalue weighted by Crippen LogP contribution is -2.49. The summed E-state index contributed by atoms with van der Waals surface area (Å²) in [7, 11) is 0. The molecule has 0 spiro atoms. The van der Waals surface area contributed by atoms with Crippen LogP contribution < -0.4 is 5.48 Å². The molecule has 5 nitrogen and oxygen atoms in total. The van der Waals surface area contributed by atoms with Crippen molar-refractivity contribution in [3.8, 4) is 0 Å². The molecular weight excluding hydrogens is 138 g/mol. The minimum atomic E-state index is -1.04. The first-order chi connectivity index (χ1) is 4.74. The molecule has 1 saturated heterocycles. The smallest absolute Gasteiger partial charge is 0.152 e. The first kappa shape index (κ1) is 7.90. The Bertz CT molecular complexity index is 110. The van der Waals surface area contributed by atoms with Crippen LogP contribution in [0.1, 0.15) is 6.42 Å². The first-order valence-electron chi connectivity index (χ1n) is 3.12. The predicted octanol–water partition coefficient (Wildman–Crippen LogP) is -2.05. The maximum atomic E-state index is 8.98. The Morgan fingerprint density at radius 1 is 1.50 bits per heavy atom. The first-order valence-corrected chi connectivity index (χ1v) is 3.12. The molecule has 0 aromatic rings. The molecule has 1 rings (SSSR count). The van der Waals surface area contributed by atoms with Crippen molar-refractivity contribution in [1.82, 2.24) is 5.48 Å². The molecule has 3 atom stereocenters. The van der Waals surface area contributed by atoms with Gasteiger partial charge in [-0.2, -0.15) is 5.48 Å².